The molecule has 1 amide bonds. The first-order chi connectivity index (χ1) is 9.83. The van der Waals surface area contributed by atoms with Gasteiger partial charge < -0.3 is 10.1 Å². The average molecular weight is 324 g/mol. The summed E-state index contributed by atoms with van der Waals surface area (Å²) in [4.78, 5) is 16.2. The SMILES string of the molecule is C[C@H](CSc1nc2ccccc2s1)NC(=O)OC(C)(C)C. The lowest BCUT2D eigenvalue weighted by Crippen LogP contribution is -2.38. The maximum absolute atomic E-state index is 11.7. The van der Waals surface area contributed by atoms with E-state index in [0.717, 1.165) is 15.6 Å². The zero-order valence-electron chi connectivity index (χ0n) is 12.7. The molecule has 0 saturated heterocycles. The first-order valence-electron chi connectivity index (χ1n) is 6.81. The Labute approximate surface area is 133 Å². The Morgan fingerprint density at radius 1 is 1.43 bits per heavy atom. The summed E-state index contributed by atoms with van der Waals surface area (Å²) >= 11 is 3.33. The van der Waals surface area contributed by atoms with E-state index in [1.165, 1.54) is 4.70 Å². The maximum atomic E-state index is 11.7. The Morgan fingerprint density at radius 3 is 2.81 bits per heavy atom. The van der Waals surface area contributed by atoms with Crippen molar-refractivity contribution in [2.45, 2.75) is 43.7 Å². The van der Waals surface area contributed by atoms with Crippen molar-refractivity contribution in [1.82, 2.24) is 10.3 Å². The van der Waals surface area contributed by atoms with Crippen molar-refractivity contribution >= 4 is 39.4 Å². The van der Waals surface area contributed by atoms with Gasteiger partial charge in [-0.25, -0.2) is 9.78 Å². The fraction of sp³-hybridized carbons (Fsp3) is 0.467. The highest BCUT2D eigenvalue weighted by Crippen LogP contribution is 2.29. The number of carbonyl (C=O) groups excluding carboxylic acids is 1. The van der Waals surface area contributed by atoms with Gasteiger partial charge in [-0.05, 0) is 39.8 Å². The Balaban J connectivity index is 1.83. The first kappa shape index (κ1) is 16.1. The van der Waals surface area contributed by atoms with Crippen LogP contribution in [-0.4, -0.2) is 28.5 Å². The van der Waals surface area contributed by atoms with E-state index < -0.39 is 5.60 Å². The third-order valence-electron chi connectivity index (χ3n) is 2.49. The van der Waals surface area contributed by atoms with Crippen molar-refractivity contribution in [3.63, 3.8) is 0 Å². The lowest BCUT2D eigenvalue weighted by molar-refractivity contribution is 0.0513. The summed E-state index contributed by atoms with van der Waals surface area (Å²) in [5.74, 6) is 0.763. The smallest absolute Gasteiger partial charge is 0.407 e. The van der Waals surface area contributed by atoms with Gasteiger partial charge in [0.25, 0.3) is 0 Å². The van der Waals surface area contributed by atoms with Crippen molar-refractivity contribution in [2.24, 2.45) is 0 Å². The van der Waals surface area contributed by atoms with Crippen LogP contribution >= 0.6 is 23.1 Å². The number of fused-ring (bicyclic) bond motifs is 1. The number of rotatable bonds is 4. The molecular weight excluding hydrogens is 304 g/mol. The second-order valence-electron chi connectivity index (χ2n) is 5.81. The van der Waals surface area contributed by atoms with Gasteiger partial charge in [0.05, 0.1) is 10.2 Å². The largest absolute Gasteiger partial charge is 0.444 e. The van der Waals surface area contributed by atoms with Gasteiger partial charge in [-0.2, -0.15) is 0 Å². The number of nitrogens with one attached hydrogen (secondary N) is 1. The topological polar surface area (TPSA) is 51.2 Å². The minimum absolute atomic E-state index is 0.0249. The number of nitrogens with zero attached hydrogens (tertiary/aromatic N) is 1. The van der Waals surface area contributed by atoms with Crippen LogP contribution in [0.5, 0.6) is 0 Å². The van der Waals surface area contributed by atoms with Crippen molar-refractivity contribution in [3.8, 4) is 0 Å². The minimum Gasteiger partial charge on any atom is -0.444 e. The van der Waals surface area contributed by atoms with E-state index in [0.29, 0.717) is 0 Å². The predicted molar refractivity (Wildman–Crippen MR) is 89.2 cm³/mol. The molecule has 0 unspecified atom stereocenters. The number of benzene rings is 1. The fourth-order valence-corrected chi connectivity index (χ4v) is 3.70. The normalized spacial score (nSPS) is 13.1. The molecule has 21 heavy (non-hydrogen) atoms. The highest BCUT2D eigenvalue weighted by molar-refractivity contribution is 8.01. The molecule has 2 aromatic rings. The molecular formula is C15H20N2O2S2. The molecule has 0 aliphatic heterocycles. The number of carbonyl (C=O) groups is 1. The molecule has 114 valence electrons. The van der Waals surface area contributed by atoms with Gasteiger partial charge >= 0.3 is 6.09 Å². The lowest BCUT2D eigenvalue weighted by Gasteiger charge is -2.21. The summed E-state index contributed by atoms with van der Waals surface area (Å²) in [5.41, 5.74) is 0.557. The Hall–Kier alpha value is -1.27. The van der Waals surface area contributed by atoms with Gasteiger partial charge in [-0.1, -0.05) is 23.9 Å². The molecule has 2 rings (SSSR count). The highest BCUT2D eigenvalue weighted by atomic mass is 32.2. The quantitative estimate of drug-likeness (QED) is 0.852. The van der Waals surface area contributed by atoms with Gasteiger partial charge in [-0.3, -0.25) is 0 Å². The Morgan fingerprint density at radius 2 is 2.14 bits per heavy atom. The number of ether oxygens (including phenoxy) is 1. The van der Waals surface area contributed by atoms with E-state index in [9.17, 15) is 4.79 Å². The minimum atomic E-state index is -0.468. The van der Waals surface area contributed by atoms with Crippen LogP contribution in [0.3, 0.4) is 0 Å². The standard InChI is InChI=1S/C15H20N2O2S2/c1-10(16-13(18)19-15(2,3)4)9-20-14-17-11-7-5-6-8-12(11)21-14/h5-8,10H,9H2,1-4H3,(H,16,18)/t10-/m1/s1. The van der Waals surface area contributed by atoms with Crippen LogP contribution in [0.4, 0.5) is 4.79 Å². The molecule has 1 aromatic carbocycles. The van der Waals surface area contributed by atoms with Crippen LogP contribution in [0, 0.1) is 0 Å². The summed E-state index contributed by atoms with van der Waals surface area (Å²) < 4.78 is 7.45. The van der Waals surface area contributed by atoms with Gasteiger partial charge in [0, 0.05) is 11.8 Å². The molecule has 1 N–H and O–H groups in total. The third-order valence-corrected chi connectivity index (χ3v) is 4.93. The van der Waals surface area contributed by atoms with Crippen molar-refractivity contribution in [1.29, 1.82) is 0 Å². The van der Waals surface area contributed by atoms with Crippen LogP contribution in [0.15, 0.2) is 28.6 Å². The number of thioether (sulfide) groups is 1. The molecule has 0 saturated carbocycles. The van der Waals surface area contributed by atoms with Crippen molar-refractivity contribution in [2.75, 3.05) is 5.75 Å². The molecule has 0 aliphatic carbocycles. The lowest BCUT2D eigenvalue weighted by atomic mass is 10.2. The molecule has 1 heterocycles. The van der Waals surface area contributed by atoms with E-state index in [2.05, 4.69) is 16.4 Å². The maximum Gasteiger partial charge on any atom is 0.407 e. The number of amides is 1. The average Bonchev–Trinajstić information content (AvgIpc) is 2.76. The van der Waals surface area contributed by atoms with Crippen LogP contribution in [0.2, 0.25) is 0 Å². The van der Waals surface area contributed by atoms with Crippen LogP contribution in [0.1, 0.15) is 27.7 Å². The predicted octanol–water partition coefficient (Wildman–Crippen LogP) is 4.30. The second kappa shape index (κ2) is 6.66. The summed E-state index contributed by atoms with van der Waals surface area (Å²) in [5, 5.41) is 2.84. The number of para-hydroxylation sites is 1. The van der Waals surface area contributed by atoms with Gasteiger partial charge in [0.15, 0.2) is 4.34 Å². The van der Waals surface area contributed by atoms with E-state index in [4.69, 9.17) is 4.74 Å². The zero-order valence-corrected chi connectivity index (χ0v) is 14.3. The van der Waals surface area contributed by atoms with E-state index >= 15 is 0 Å². The number of hydrogen-bond acceptors (Lipinski definition) is 5. The van der Waals surface area contributed by atoms with Gasteiger partial charge in [-0.15, -0.1) is 11.3 Å². The number of hydrogen-bond donors (Lipinski definition) is 1. The molecule has 0 spiro atoms. The van der Waals surface area contributed by atoms with E-state index in [-0.39, 0.29) is 12.1 Å². The summed E-state index contributed by atoms with van der Waals surface area (Å²) in [6, 6.07) is 8.11. The summed E-state index contributed by atoms with van der Waals surface area (Å²) in [6.07, 6.45) is -0.375. The summed E-state index contributed by atoms with van der Waals surface area (Å²) in [7, 11) is 0. The molecule has 1 aromatic heterocycles. The van der Waals surface area contributed by atoms with E-state index in [1.807, 2.05) is 45.9 Å². The number of aromatic nitrogens is 1. The molecule has 0 fully saturated rings. The molecule has 0 aliphatic rings. The molecule has 4 nitrogen and oxygen atoms in total. The fourth-order valence-electron chi connectivity index (χ4n) is 1.66. The van der Waals surface area contributed by atoms with Crippen LogP contribution < -0.4 is 5.32 Å². The third kappa shape index (κ3) is 5.21. The molecule has 1 atom stereocenters. The van der Waals surface area contributed by atoms with Crippen LogP contribution in [0.25, 0.3) is 10.2 Å². The van der Waals surface area contributed by atoms with Crippen LogP contribution in [-0.2, 0) is 4.74 Å². The highest BCUT2D eigenvalue weighted by Gasteiger charge is 2.18. The van der Waals surface area contributed by atoms with Gasteiger partial charge in [0.1, 0.15) is 5.60 Å². The first-order valence-corrected chi connectivity index (χ1v) is 8.61. The summed E-state index contributed by atoms with van der Waals surface area (Å²) in [6.45, 7) is 7.53. The zero-order chi connectivity index (χ0) is 15.5. The van der Waals surface area contributed by atoms with Crippen molar-refractivity contribution < 1.29 is 9.53 Å². The molecule has 0 radical (unpaired) electrons. The van der Waals surface area contributed by atoms with Gasteiger partial charge in [0.2, 0.25) is 0 Å². The molecule has 6 heteroatoms. The monoisotopic (exact) mass is 324 g/mol. The Bertz CT molecular complexity index is 586. The second-order valence-corrected chi connectivity index (χ2v) is 8.10. The molecule has 0 bridgehead atoms. The Kier molecular flexibility index (Phi) is 5.11. The number of alkyl carbamates (subject to hydrolysis) is 1. The van der Waals surface area contributed by atoms with E-state index in [1.54, 1.807) is 23.1 Å². The number of thiazole rings is 1. The van der Waals surface area contributed by atoms with Crippen molar-refractivity contribution in [3.05, 3.63) is 24.3 Å².